The maximum atomic E-state index is 12.0. The maximum Gasteiger partial charge on any atom is 0.222 e. The molecule has 1 aromatic heterocycles. The topological polar surface area (TPSA) is 42.4 Å². The molecule has 2 heterocycles. The van der Waals surface area contributed by atoms with E-state index in [1.807, 2.05) is 10.3 Å². The lowest BCUT2D eigenvalue weighted by Gasteiger charge is -2.31. The number of methoxy groups -OCH3 is 1. The number of rotatable bonds is 4. The summed E-state index contributed by atoms with van der Waals surface area (Å²) in [5, 5.41) is 2.99. The van der Waals surface area contributed by atoms with Gasteiger partial charge in [0.25, 0.3) is 0 Å². The van der Waals surface area contributed by atoms with Crippen LogP contribution in [0, 0.1) is 0 Å². The molecule has 1 aromatic rings. The molecule has 1 saturated heterocycles. The van der Waals surface area contributed by atoms with Crippen LogP contribution in [-0.2, 0) is 16.0 Å². The van der Waals surface area contributed by atoms with Crippen LogP contribution in [0.25, 0.3) is 0 Å². The van der Waals surface area contributed by atoms with Gasteiger partial charge < -0.3 is 9.64 Å². The van der Waals surface area contributed by atoms with Crippen molar-refractivity contribution in [2.45, 2.75) is 31.8 Å². The number of hydrogen-bond acceptors (Lipinski definition) is 4. The van der Waals surface area contributed by atoms with E-state index >= 15 is 0 Å². The molecule has 0 spiro atoms. The molecule has 1 aliphatic heterocycles. The Morgan fingerprint density at radius 2 is 2.35 bits per heavy atom. The molecule has 1 amide bonds. The average molecular weight is 254 g/mol. The Kier molecular flexibility index (Phi) is 4.50. The number of carbonyl (C=O) groups is 1. The highest BCUT2D eigenvalue weighted by Gasteiger charge is 2.22. The van der Waals surface area contributed by atoms with Gasteiger partial charge in [-0.1, -0.05) is 0 Å². The van der Waals surface area contributed by atoms with Crippen LogP contribution in [0.3, 0.4) is 0 Å². The molecule has 0 atom stereocenters. The van der Waals surface area contributed by atoms with Crippen molar-refractivity contribution >= 4 is 17.2 Å². The lowest BCUT2D eigenvalue weighted by Crippen LogP contribution is -2.40. The molecule has 1 fully saturated rings. The normalized spacial score (nSPS) is 17.4. The van der Waals surface area contributed by atoms with E-state index in [4.69, 9.17) is 4.74 Å². The zero-order valence-electron chi connectivity index (χ0n) is 10.1. The summed E-state index contributed by atoms with van der Waals surface area (Å²) in [5.41, 5.74) is 0. The minimum absolute atomic E-state index is 0.245. The molecule has 17 heavy (non-hydrogen) atoms. The summed E-state index contributed by atoms with van der Waals surface area (Å²) in [7, 11) is 1.74. The van der Waals surface area contributed by atoms with Crippen LogP contribution in [0.5, 0.6) is 0 Å². The summed E-state index contributed by atoms with van der Waals surface area (Å²) < 4.78 is 5.29. The summed E-state index contributed by atoms with van der Waals surface area (Å²) in [6.07, 6.45) is 5.37. The molecular formula is C12H18N2O2S. The third kappa shape index (κ3) is 3.51. The Balaban J connectivity index is 1.73. The van der Waals surface area contributed by atoms with E-state index in [2.05, 4.69) is 4.98 Å². The third-order valence-electron chi connectivity index (χ3n) is 3.16. The second kappa shape index (κ2) is 6.12. The number of aryl methyl sites for hydroxylation is 1. The maximum absolute atomic E-state index is 12.0. The molecule has 0 bridgehead atoms. The zero-order chi connectivity index (χ0) is 12.1. The summed E-state index contributed by atoms with van der Waals surface area (Å²) in [5.74, 6) is 0.245. The molecule has 1 aliphatic rings. The lowest BCUT2D eigenvalue weighted by atomic mass is 10.1. The van der Waals surface area contributed by atoms with Gasteiger partial charge in [0.1, 0.15) is 0 Å². The van der Waals surface area contributed by atoms with Crippen molar-refractivity contribution in [2.75, 3.05) is 20.2 Å². The standard InChI is InChI=1S/C12H18N2O2S/c1-16-10-4-7-14(8-5-10)12(15)3-2-11-13-6-9-17-11/h6,9-10H,2-5,7-8H2,1H3. The van der Waals surface area contributed by atoms with Gasteiger partial charge in [-0.2, -0.15) is 0 Å². The van der Waals surface area contributed by atoms with Gasteiger partial charge in [-0.3, -0.25) is 4.79 Å². The monoisotopic (exact) mass is 254 g/mol. The van der Waals surface area contributed by atoms with Crippen LogP contribution in [0.15, 0.2) is 11.6 Å². The summed E-state index contributed by atoms with van der Waals surface area (Å²) in [6.45, 7) is 1.66. The minimum atomic E-state index is 0.245. The van der Waals surface area contributed by atoms with Crippen molar-refractivity contribution in [3.8, 4) is 0 Å². The summed E-state index contributed by atoms with van der Waals surface area (Å²) >= 11 is 1.61. The smallest absolute Gasteiger partial charge is 0.222 e. The van der Waals surface area contributed by atoms with Crippen LogP contribution >= 0.6 is 11.3 Å². The number of likely N-dealkylation sites (tertiary alicyclic amines) is 1. The Hall–Kier alpha value is -0.940. The van der Waals surface area contributed by atoms with E-state index < -0.39 is 0 Å². The fraction of sp³-hybridized carbons (Fsp3) is 0.667. The predicted molar refractivity (Wildman–Crippen MR) is 67.0 cm³/mol. The van der Waals surface area contributed by atoms with Crippen LogP contribution in [0.2, 0.25) is 0 Å². The first kappa shape index (κ1) is 12.5. The van der Waals surface area contributed by atoms with E-state index in [1.54, 1.807) is 24.6 Å². The van der Waals surface area contributed by atoms with E-state index in [0.29, 0.717) is 12.5 Å². The van der Waals surface area contributed by atoms with Gasteiger partial charge in [0.05, 0.1) is 11.1 Å². The van der Waals surface area contributed by atoms with Gasteiger partial charge in [0, 0.05) is 44.6 Å². The minimum Gasteiger partial charge on any atom is -0.381 e. The number of ether oxygens (including phenoxy) is 1. The first-order valence-electron chi connectivity index (χ1n) is 5.98. The molecule has 0 aliphatic carbocycles. The average Bonchev–Trinajstić information content (AvgIpc) is 2.89. The lowest BCUT2D eigenvalue weighted by molar-refractivity contribution is -0.133. The van der Waals surface area contributed by atoms with E-state index in [0.717, 1.165) is 37.4 Å². The van der Waals surface area contributed by atoms with Gasteiger partial charge in [0.15, 0.2) is 0 Å². The van der Waals surface area contributed by atoms with Gasteiger partial charge in [-0.05, 0) is 12.8 Å². The molecule has 0 N–H and O–H groups in total. The Morgan fingerprint density at radius 1 is 1.59 bits per heavy atom. The summed E-state index contributed by atoms with van der Waals surface area (Å²) in [6, 6.07) is 0. The van der Waals surface area contributed by atoms with Crippen molar-refractivity contribution in [1.29, 1.82) is 0 Å². The number of piperidine rings is 1. The highest BCUT2D eigenvalue weighted by atomic mass is 32.1. The molecule has 0 aromatic carbocycles. The fourth-order valence-corrected chi connectivity index (χ4v) is 2.71. The van der Waals surface area contributed by atoms with Crippen molar-refractivity contribution in [3.63, 3.8) is 0 Å². The molecule has 5 heteroatoms. The number of amides is 1. The Labute approximate surface area is 106 Å². The van der Waals surface area contributed by atoms with Crippen molar-refractivity contribution in [2.24, 2.45) is 0 Å². The molecule has 94 valence electrons. The quantitative estimate of drug-likeness (QED) is 0.821. The second-order valence-electron chi connectivity index (χ2n) is 4.24. The number of nitrogens with zero attached hydrogens (tertiary/aromatic N) is 2. The van der Waals surface area contributed by atoms with Gasteiger partial charge >= 0.3 is 0 Å². The van der Waals surface area contributed by atoms with E-state index in [1.165, 1.54) is 0 Å². The van der Waals surface area contributed by atoms with E-state index in [9.17, 15) is 4.79 Å². The third-order valence-corrected chi connectivity index (χ3v) is 4.00. The van der Waals surface area contributed by atoms with Gasteiger partial charge in [-0.15, -0.1) is 11.3 Å². The van der Waals surface area contributed by atoms with Crippen LogP contribution in [0.4, 0.5) is 0 Å². The molecular weight excluding hydrogens is 236 g/mol. The van der Waals surface area contributed by atoms with Crippen LogP contribution < -0.4 is 0 Å². The van der Waals surface area contributed by atoms with Gasteiger partial charge in [0.2, 0.25) is 5.91 Å². The first-order valence-corrected chi connectivity index (χ1v) is 6.86. The number of aromatic nitrogens is 1. The van der Waals surface area contributed by atoms with Crippen LogP contribution in [0.1, 0.15) is 24.3 Å². The summed E-state index contributed by atoms with van der Waals surface area (Å²) in [4.78, 5) is 18.1. The SMILES string of the molecule is COC1CCN(C(=O)CCc2nccs2)CC1. The van der Waals surface area contributed by atoms with Gasteiger partial charge in [-0.25, -0.2) is 4.98 Å². The van der Waals surface area contributed by atoms with Crippen molar-refractivity contribution in [3.05, 3.63) is 16.6 Å². The van der Waals surface area contributed by atoms with Crippen molar-refractivity contribution in [1.82, 2.24) is 9.88 Å². The molecule has 0 radical (unpaired) electrons. The van der Waals surface area contributed by atoms with Crippen LogP contribution in [-0.4, -0.2) is 42.1 Å². The molecule has 0 unspecified atom stereocenters. The fourth-order valence-electron chi connectivity index (χ4n) is 2.09. The molecule has 0 saturated carbocycles. The zero-order valence-corrected chi connectivity index (χ0v) is 10.9. The largest absolute Gasteiger partial charge is 0.381 e. The number of carbonyl (C=O) groups excluding carboxylic acids is 1. The predicted octanol–water partition coefficient (Wildman–Crippen LogP) is 1.71. The molecule has 2 rings (SSSR count). The highest BCUT2D eigenvalue weighted by Crippen LogP contribution is 2.15. The second-order valence-corrected chi connectivity index (χ2v) is 5.22. The first-order chi connectivity index (χ1) is 8.29. The highest BCUT2D eigenvalue weighted by molar-refractivity contribution is 7.09. The number of hydrogen-bond donors (Lipinski definition) is 0. The van der Waals surface area contributed by atoms with E-state index in [-0.39, 0.29) is 5.91 Å². The molecule has 4 nitrogen and oxygen atoms in total. The Bertz CT molecular complexity index is 345. The van der Waals surface area contributed by atoms with Crippen molar-refractivity contribution < 1.29 is 9.53 Å². The Morgan fingerprint density at radius 3 is 2.94 bits per heavy atom. The number of thiazole rings is 1.